The van der Waals surface area contributed by atoms with Gasteiger partial charge in [0.15, 0.2) is 5.82 Å². The lowest BCUT2D eigenvalue weighted by Gasteiger charge is -2.29. The van der Waals surface area contributed by atoms with Crippen molar-refractivity contribution in [3.63, 3.8) is 0 Å². The molecule has 2 aromatic heterocycles. The highest BCUT2D eigenvalue weighted by molar-refractivity contribution is 7.13. The van der Waals surface area contributed by atoms with Gasteiger partial charge in [0.05, 0.1) is 16.1 Å². The van der Waals surface area contributed by atoms with Crippen LogP contribution in [0.4, 0.5) is 17.6 Å². The lowest BCUT2D eigenvalue weighted by molar-refractivity contribution is -0.138. The molecule has 27 heavy (non-hydrogen) atoms. The number of fused-ring (bicyclic) bond motifs is 1. The molecule has 8 heteroatoms. The molecule has 0 amide bonds. The molecular weight excluding hydrogens is 378 g/mol. The van der Waals surface area contributed by atoms with E-state index in [1.807, 2.05) is 17.5 Å². The van der Waals surface area contributed by atoms with Gasteiger partial charge in [-0.3, -0.25) is 4.90 Å². The minimum Gasteiger partial charge on any atom is -0.294 e. The molecule has 0 aliphatic carbocycles. The Labute approximate surface area is 157 Å². The van der Waals surface area contributed by atoms with E-state index in [2.05, 4.69) is 9.97 Å². The Hall–Kier alpha value is -2.32. The van der Waals surface area contributed by atoms with E-state index in [4.69, 9.17) is 0 Å². The van der Waals surface area contributed by atoms with Crippen LogP contribution in [-0.2, 0) is 25.7 Å². The number of hydrogen-bond donors (Lipinski definition) is 0. The molecule has 0 saturated carbocycles. The van der Waals surface area contributed by atoms with Crippen molar-refractivity contribution in [1.82, 2.24) is 14.9 Å². The topological polar surface area (TPSA) is 29.0 Å². The third-order valence-electron chi connectivity index (χ3n) is 4.56. The van der Waals surface area contributed by atoms with Crippen molar-refractivity contribution in [3.8, 4) is 10.7 Å². The maximum Gasteiger partial charge on any atom is 0.416 e. The van der Waals surface area contributed by atoms with Gasteiger partial charge in [-0.15, -0.1) is 11.3 Å². The van der Waals surface area contributed by atoms with Gasteiger partial charge in [-0.2, -0.15) is 13.2 Å². The van der Waals surface area contributed by atoms with Gasteiger partial charge < -0.3 is 0 Å². The van der Waals surface area contributed by atoms with Crippen molar-refractivity contribution in [2.75, 3.05) is 6.54 Å². The zero-order valence-electron chi connectivity index (χ0n) is 14.1. The first kappa shape index (κ1) is 18.1. The predicted molar refractivity (Wildman–Crippen MR) is 94.6 cm³/mol. The summed E-state index contributed by atoms with van der Waals surface area (Å²) in [6.07, 6.45) is -2.27. The van der Waals surface area contributed by atoms with Crippen LogP contribution in [0.1, 0.15) is 22.4 Å². The molecule has 3 aromatic rings. The Morgan fingerprint density at radius 2 is 2.00 bits per heavy atom. The van der Waals surface area contributed by atoms with Gasteiger partial charge in [0.1, 0.15) is 5.82 Å². The van der Waals surface area contributed by atoms with Crippen LogP contribution >= 0.6 is 11.3 Å². The molecule has 0 saturated heterocycles. The van der Waals surface area contributed by atoms with E-state index in [1.165, 1.54) is 0 Å². The summed E-state index contributed by atoms with van der Waals surface area (Å²) >= 11 is 1.55. The molecule has 1 aromatic carbocycles. The number of nitrogens with zero attached hydrogens (tertiary/aromatic N) is 3. The Morgan fingerprint density at radius 1 is 1.15 bits per heavy atom. The molecule has 140 valence electrons. The van der Waals surface area contributed by atoms with Gasteiger partial charge >= 0.3 is 6.18 Å². The first-order valence-electron chi connectivity index (χ1n) is 8.37. The quantitative estimate of drug-likeness (QED) is 0.592. The summed E-state index contributed by atoms with van der Waals surface area (Å²) in [5, 5.41) is 1.95. The van der Waals surface area contributed by atoms with Gasteiger partial charge in [-0.05, 0) is 23.6 Å². The minimum absolute atomic E-state index is 0.104. The van der Waals surface area contributed by atoms with E-state index in [0.717, 1.165) is 34.3 Å². The van der Waals surface area contributed by atoms with Gasteiger partial charge in [0.25, 0.3) is 0 Å². The number of halogens is 4. The summed E-state index contributed by atoms with van der Waals surface area (Å²) in [5.41, 5.74) is 0.530. The minimum atomic E-state index is -4.58. The zero-order chi connectivity index (χ0) is 19.0. The van der Waals surface area contributed by atoms with Crippen molar-refractivity contribution in [2.45, 2.75) is 25.7 Å². The normalized spacial score (nSPS) is 15.0. The highest BCUT2D eigenvalue weighted by Crippen LogP contribution is 2.34. The molecule has 1 aliphatic heterocycles. The van der Waals surface area contributed by atoms with Crippen LogP contribution in [0, 0.1) is 5.82 Å². The monoisotopic (exact) mass is 393 g/mol. The van der Waals surface area contributed by atoms with Crippen molar-refractivity contribution < 1.29 is 17.6 Å². The second kappa shape index (κ2) is 7.01. The van der Waals surface area contributed by atoms with E-state index in [9.17, 15) is 17.6 Å². The third kappa shape index (κ3) is 3.72. The van der Waals surface area contributed by atoms with E-state index < -0.39 is 17.6 Å². The second-order valence-corrected chi connectivity index (χ2v) is 7.31. The zero-order valence-corrected chi connectivity index (χ0v) is 14.9. The van der Waals surface area contributed by atoms with E-state index in [1.54, 1.807) is 22.4 Å². The van der Waals surface area contributed by atoms with Crippen molar-refractivity contribution in [1.29, 1.82) is 0 Å². The highest BCUT2D eigenvalue weighted by Gasteiger charge is 2.35. The van der Waals surface area contributed by atoms with E-state index in [-0.39, 0.29) is 12.1 Å². The predicted octanol–water partition coefficient (Wildman–Crippen LogP) is 4.92. The summed E-state index contributed by atoms with van der Waals surface area (Å²) < 4.78 is 53.7. The highest BCUT2D eigenvalue weighted by atomic mass is 32.1. The number of aromatic nitrogens is 2. The number of alkyl halides is 3. The summed E-state index contributed by atoms with van der Waals surface area (Å²) in [6.45, 7) is 0.804. The maximum atomic E-state index is 14.1. The fourth-order valence-corrected chi connectivity index (χ4v) is 3.91. The Balaban J connectivity index is 1.56. The number of benzene rings is 1. The van der Waals surface area contributed by atoms with Crippen molar-refractivity contribution >= 4 is 11.3 Å². The third-order valence-corrected chi connectivity index (χ3v) is 5.43. The molecule has 0 unspecified atom stereocenters. The molecule has 4 rings (SSSR count). The molecule has 0 spiro atoms. The SMILES string of the molecule is Fc1cccc(C(F)(F)F)c1CN1CCc2nc(-c3cccs3)ncc2C1. The first-order valence-corrected chi connectivity index (χ1v) is 9.25. The largest absolute Gasteiger partial charge is 0.416 e. The molecule has 3 heterocycles. The maximum absolute atomic E-state index is 14.1. The Morgan fingerprint density at radius 3 is 2.74 bits per heavy atom. The van der Waals surface area contributed by atoms with Gasteiger partial charge in [0.2, 0.25) is 0 Å². The van der Waals surface area contributed by atoms with Crippen LogP contribution in [0.5, 0.6) is 0 Å². The molecule has 1 aliphatic rings. The molecule has 0 fully saturated rings. The van der Waals surface area contributed by atoms with Crippen LogP contribution in [0.3, 0.4) is 0 Å². The second-order valence-electron chi connectivity index (χ2n) is 6.37. The van der Waals surface area contributed by atoms with Crippen molar-refractivity contribution in [3.05, 3.63) is 70.1 Å². The molecular formula is C19H15F4N3S. The first-order chi connectivity index (χ1) is 12.9. The summed E-state index contributed by atoms with van der Waals surface area (Å²) in [6, 6.07) is 6.95. The van der Waals surface area contributed by atoms with Crippen LogP contribution in [0.25, 0.3) is 10.7 Å². The van der Waals surface area contributed by atoms with Gasteiger partial charge in [-0.25, -0.2) is 14.4 Å². The van der Waals surface area contributed by atoms with E-state index >= 15 is 0 Å². The summed E-state index contributed by atoms with van der Waals surface area (Å²) in [5.74, 6) is -0.175. The number of thiophene rings is 1. The summed E-state index contributed by atoms with van der Waals surface area (Å²) in [4.78, 5) is 11.7. The smallest absolute Gasteiger partial charge is 0.294 e. The Bertz CT molecular complexity index is 954. The van der Waals surface area contributed by atoms with E-state index in [0.29, 0.717) is 25.3 Å². The lowest BCUT2D eigenvalue weighted by Crippen LogP contribution is -2.32. The molecule has 0 bridgehead atoms. The number of hydrogen-bond acceptors (Lipinski definition) is 4. The van der Waals surface area contributed by atoms with Crippen LogP contribution < -0.4 is 0 Å². The standard InChI is InChI=1S/C19H15F4N3S/c20-15-4-1-3-14(19(21,22)23)13(15)11-26-7-6-16-12(10-26)9-24-18(25-16)17-5-2-8-27-17/h1-5,8-9H,6-7,10-11H2. The summed E-state index contributed by atoms with van der Waals surface area (Å²) in [7, 11) is 0. The van der Waals surface area contributed by atoms with Crippen molar-refractivity contribution in [2.24, 2.45) is 0 Å². The van der Waals surface area contributed by atoms with Crippen LogP contribution in [0.2, 0.25) is 0 Å². The lowest BCUT2D eigenvalue weighted by atomic mass is 10.0. The van der Waals surface area contributed by atoms with Crippen LogP contribution in [0.15, 0.2) is 41.9 Å². The molecule has 0 radical (unpaired) electrons. The number of rotatable bonds is 3. The Kier molecular flexibility index (Phi) is 4.69. The fourth-order valence-electron chi connectivity index (χ4n) is 3.24. The molecule has 3 nitrogen and oxygen atoms in total. The van der Waals surface area contributed by atoms with Gasteiger partial charge in [-0.1, -0.05) is 12.1 Å². The van der Waals surface area contributed by atoms with Crippen LogP contribution in [-0.4, -0.2) is 21.4 Å². The average Bonchev–Trinajstić information content (AvgIpc) is 3.17. The van der Waals surface area contributed by atoms with Gasteiger partial charge in [0, 0.05) is 43.4 Å². The molecule has 0 atom stereocenters. The molecule has 0 N–H and O–H groups in total. The fraction of sp³-hybridized carbons (Fsp3) is 0.263. The average molecular weight is 393 g/mol.